The number of rotatable bonds is 4. The van der Waals surface area contributed by atoms with Crippen LogP contribution in [0.25, 0.3) is 11.4 Å². The van der Waals surface area contributed by atoms with Crippen molar-refractivity contribution in [3.05, 3.63) is 48.2 Å². The van der Waals surface area contributed by atoms with Crippen LogP contribution in [0.15, 0.2) is 45.5 Å². The van der Waals surface area contributed by atoms with Crippen molar-refractivity contribution in [1.82, 2.24) is 10.1 Å². The standard InChI is InChI=1S/C14H13N3O3/c1-9-12(6-7-18-9)14-16-13(20-17-14)8-19-11-4-2-10(15)3-5-11/h2-7H,8,15H2,1H3. The summed E-state index contributed by atoms with van der Waals surface area (Å²) in [6.45, 7) is 2.05. The summed E-state index contributed by atoms with van der Waals surface area (Å²) in [5, 5.41) is 3.90. The van der Waals surface area contributed by atoms with Gasteiger partial charge in [0, 0.05) is 5.69 Å². The van der Waals surface area contributed by atoms with Crippen molar-refractivity contribution in [2.45, 2.75) is 13.5 Å². The van der Waals surface area contributed by atoms with Crippen molar-refractivity contribution in [2.24, 2.45) is 0 Å². The molecule has 0 aliphatic rings. The first-order valence-corrected chi connectivity index (χ1v) is 6.08. The van der Waals surface area contributed by atoms with E-state index in [1.54, 1.807) is 36.6 Å². The zero-order valence-electron chi connectivity index (χ0n) is 10.9. The smallest absolute Gasteiger partial charge is 0.264 e. The lowest BCUT2D eigenvalue weighted by atomic mass is 10.2. The highest BCUT2D eigenvalue weighted by Crippen LogP contribution is 2.21. The Morgan fingerprint density at radius 2 is 2.00 bits per heavy atom. The van der Waals surface area contributed by atoms with Gasteiger partial charge in [-0.05, 0) is 37.3 Å². The van der Waals surface area contributed by atoms with Gasteiger partial charge in [0.1, 0.15) is 11.5 Å². The Bertz CT molecular complexity index is 701. The molecule has 0 radical (unpaired) electrons. The van der Waals surface area contributed by atoms with Gasteiger partial charge in [-0.2, -0.15) is 4.98 Å². The second kappa shape index (κ2) is 5.08. The average Bonchev–Trinajstić information content (AvgIpc) is 3.06. The monoisotopic (exact) mass is 271 g/mol. The molecule has 0 atom stereocenters. The highest BCUT2D eigenvalue weighted by atomic mass is 16.5. The lowest BCUT2D eigenvalue weighted by molar-refractivity contribution is 0.243. The van der Waals surface area contributed by atoms with Crippen molar-refractivity contribution in [3.63, 3.8) is 0 Å². The molecule has 2 aromatic heterocycles. The van der Waals surface area contributed by atoms with Crippen LogP contribution >= 0.6 is 0 Å². The number of furan rings is 1. The molecule has 6 nitrogen and oxygen atoms in total. The van der Waals surface area contributed by atoms with Crippen molar-refractivity contribution < 1.29 is 13.7 Å². The van der Waals surface area contributed by atoms with Gasteiger partial charge in [-0.15, -0.1) is 0 Å². The third kappa shape index (κ3) is 2.49. The maximum absolute atomic E-state index is 5.60. The SMILES string of the molecule is Cc1occc1-c1noc(COc2ccc(N)cc2)n1. The predicted molar refractivity (Wildman–Crippen MR) is 71.9 cm³/mol. The molecule has 0 bridgehead atoms. The number of hydrogen-bond acceptors (Lipinski definition) is 6. The summed E-state index contributed by atoms with van der Waals surface area (Å²) in [6.07, 6.45) is 1.59. The first kappa shape index (κ1) is 12.3. The van der Waals surface area contributed by atoms with E-state index in [0.29, 0.717) is 23.2 Å². The topological polar surface area (TPSA) is 87.3 Å². The number of hydrogen-bond donors (Lipinski definition) is 1. The number of nitrogens with zero attached hydrogens (tertiary/aromatic N) is 2. The molecule has 0 saturated carbocycles. The minimum absolute atomic E-state index is 0.202. The van der Waals surface area contributed by atoms with Crippen LogP contribution < -0.4 is 10.5 Å². The second-order valence-electron chi connectivity index (χ2n) is 4.26. The van der Waals surface area contributed by atoms with Crippen molar-refractivity contribution in [2.75, 3.05) is 5.73 Å². The van der Waals surface area contributed by atoms with Crippen LogP contribution in [0.1, 0.15) is 11.7 Å². The lowest BCUT2D eigenvalue weighted by Gasteiger charge is -2.02. The average molecular weight is 271 g/mol. The van der Waals surface area contributed by atoms with Crippen LogP contribution in [0, 0.1) is 6.92 Å². The summed E-state index contributed by atoms with van der Waals surface area (Å²) in [4.78, 5) is 4.26. The van der Waals surface area contributed by atoms with E-state index in [2.05, 4.69) is 10.1 Å². The summed E-state index contributed by atoms with van der Waals surface area (Å²) in [5.74, 6) is 2.33. The molecule has 0 amide bonds. The van der Waals surface area contributed by atoms with Gasteiger partial charge in [0.05, 0.1) is 11.8 Å². The van der Waals surface area contributed by atoms with Gasteiger partial charge in [0.2, 0.25) is 5.82 Å². The molecule has 1 aromatic carbocycles. The fourth-order valence-electron chi connectivity index (χ4n) is 1.75. The fraction of sp³-hybridized carbons (Fsp3) is 0.143. The molecular weight excluding hydrogens is 258 g/mol. The molecule has 20 heavy (non-hydrogen) atoms. The van der Waals surface area contributed by atoms with Crippen LogP contribution in [0.3, 0.4) is 0 Å². The lowest BCUT2D eigenvalue weighted by Crippen LogP contribution is -1.96. The normalized spacial score (nSPS) is 10.7. The number of aromatic nitrogens is 2. The highest BCUT2D eigenvalue weighted by Gasteiger charge is 2.12. The molecule has 3 aromatic rings. The molecule has 0 unspecified atom stereocenters. The summed E-state index contributed by atoms with van der Waals surface area (Å²) in [7, 11) is 0. The van der Waals surface area contributed by atoms with Gasteiger partial charge in [-0.1, -0.05) is 5.16 Å². The number of ether oxygens (including phenoxy) is 1. The zero-order chi connectivity index (χ0) is 13.9. The van der Waals surface area contributed by atoms with Gasteiger partial charge in [0.25, 0.3) is 5.89 Å². The molecule has 3 rings (SSSR count). The maximum atomic E-state index is 5.60. The molecule has 6 heteroatoms. The van der Waals surface area contributed by atoms with Crippen LogP contribution in [0.4, 0.5) is 5.69 Å². The third-order valence-electron chi connectivity index (χ3n) is 2.81. The van der Waals surface area contributed by atoms with E-state index in [1.165, 1.54) is 0 Å². The van der Waals surface area contributed by atoms with Gasteiger partial charge >= 0.3 is 0 Å². The predicted octanol–water partition coefficient (Wildman–Crippen LogP) is 2.80. The fourth-order valence-corrected chi connectivity index (χ4v) is 1.75. The van der Waals surface area contributed by atoms with Crippen molar-refractivity contribution in [1.29, 1.82) is 0 Å². The molecule has 0 fully saturated rings. The number of nitrogens with two attached hydrogens (primary N) is 1. The van der Waals surface area contributed by atoms with E-state index in [1.807, 2.05) is 6.92 Å². The van der Waals surface area contributed by atoms with Crippen molar-refractivity contribution in [3.8, 4) is 17.1 Å². The molecule has 2 N–H and O–H groups in total. The van der Waals surface area contributed by atoms with Crippen LogP contribution in [-0.2, 0) is 6.61 Å². The second-order valence-corrected chi connectivity index (χ2v) is 4.26. The maximum Gasteiger partial charge on any atom is 0.264 e. The molecule has 0 saturated heterocycles. The molecule has 2 heterocycles. The highest BCUT2D eigenvalue weighted by molar-refractivity contribution is 5.56. The Hall–Kier alpha value is -2.76. The zero-order valence-corrected chi connectivity index (χ0v) is 10.9. The minimum Gasteiger partial charge on any atom is -0.484 e. The Labute approximate surface area is 115 Å². The number of aryl methyl sites for hydroxylation is 1. The van der Waals surface area contributed by atoms with E-state index in [9.17, 15) is 0 Å². The van der Waals surface area contributed by atoms with Gasteiger partial charge < -0.3 is 19.4 Å². The third-order valence-corrected chi connectivity index (χ3v) is 2.81. The Morgan fingerprint density at radius 3 is 2.70 bits per heavy atom. The Morgan fingerprint density at radius 1 is 1.20 bits per heavy atom. The Balaban J connectivity index is 1.69. The first-order valence-electron chi connectivity index (χ1n) is 6.08. The molecule has 0 spiro atoms. The summed E-state index contributed by atoms with van der Waals surface area (Å²) < 4.78 is 15.9. The van der Waals surface area contributed by atoms with Crippen LogP contribution in [0.2, 0.25) is 0 Å². The number of anilines is 1. The number of nitrogen functional groups attached to an aromatic ring is 1. The summed E-state index contributed by atoms with van der Waals surface area (Å²) in [6, 6.07) is 8.90. The quantitative estimate of drug-likeness (QED) is 0.734. The van der Waals surface area contributed by atoms with E-state index >= 15 is 0 Å². The van der Waals surface area contributed by atoms with E-state index < -0.39 is 0 Å². The van der Waals surface area contributed by atoms with Crippen molar-refractivity contribution >= 4 is 5.69 Å². The van der Waals surface area contributed by atoms with Gasteiger partial charge in [0.15, 0.2) is 6.61 Å². The Kier molecular flexibility index (Phi) is 3.12. The molecule has 0 aliphatic heterocycles. The number of benzene rings is 1. The first-order chi connectivity index (χ1) is 9.72. The summed E-state index contributed by atoms with van der Waals surface area (Å²) >= 11 is 0. The van der Waals surface area contributed by atoms with E-state index in [4.69, 9.17) is 19.4 Å². The van der Waals surface area contributed by atoms with E-state index in [-0.39, 0.29) is 6.61 Å². The van der Waals surface area contributed by atoms with Crippen LogP contribution in [-0.4, -0.2) is 10.1 Å². The molecular formula is C14H13N3O3. The minimum atomic E-state index is 0.202. The molecule has 0 aliphatic carbocycles. The molecule has 102 valence electrons. The summed E-state index contributed by atoms with van der Waals surface area (Å²) in [5.41, 5.74) is 7.10. The van der Waals surface area contributed by atoms with Gasteiger partial charge in [-0.3, -0.25) is 0 Å². The van der Waals surface area contributed by atoms with Crippen LogP contribution in [0.5, 0.6) is 5.75 Å². The van der Waals surface area contributed by atoms with E-state index in [0.717, 1.165) is 11.3 Å². The van der Waals surface area contributed by atoms with Gasteiger partial charge in [-0.25, -0.2) is 0 Å². The largest absolute Gasteiger partial charge is 0.484 e.